The van der Waals surface area contributed by atoms with Crippen LogP contribution in [0.3, 0.4) is 0 Å². The van der Waals surface area contributed by atoms with E-state index in [-0.39, 0.29) is 11.9 Å². The Morgan fingerprint density at radius 1 is 1.04 bits per heavy atom. The quantitative estimate of drug-likeness (QED) is 0.716. The van der Waals surface area contributed by atoms with E-state index in [1.165, 1.54) is 12.1 Å². The average molecular weight is 393 g/mol. The minimum absolute atomic E-state index is 0.236. The van der Waals surface area contributed by atoms with Gasteiger partial charge < -0.3 is 15.4 Å². The summed E-state index contributed by atoms with van der Waals surface area (Å²) in [7, 11) is 1.58. The van der Waals surface area contributed by atoms with Gasteiger partial charge in [-0.3, -0.25) is 9.59 Å². The first-order chi connectivity index (χ1) is 12.4. The summed E-state index contributed by atoms with van der Waals surface area (Å²) in [5.74, 6) is -0.127. The Kier molecular flexibility index (Phi) is 7.06. The van der Waals surface area contributed by atoms with Gasteiger partial charge in [-0.05, 0) is 42.8 Å². The molecule has 7 heteroatoms. The molecule has 136 valence electrons. The van der Waals surface area contributed by atoms with Gasteiger partial charge in [-0.15, -0.1) is 0 Å². The zero-order valence-electron chi connectivity index (χ0n) is 14.3. The number of rotatable bonds is 6. The number of hydrogen-bond acceptors (Lipinski definition) is 3. The number of benzene rings is 2. The Morgan fingerprint density at radius 3 is 2.46 bits per heavy atom. The van der Waals surface area contributed by atoms with Gasteiger partial charge in [-0.25, -0.2) is 0 Å². The molecule has 0 saturated carbocycles. The minimum Gasteiger partial charge on any atom is -0.497 e. The summed E-state index contributed by atoms with van der Waals surface area (Å²) in [5, 5.41) is 6.11. The maximum atomic E-state index is 12.0. The number of ether oxygens (including phenoxy) is 1. The summed E-state index contributed by atoms with van der Waals surface area (Å²) in [5.41, 5.74) is 1.38. The van der Waals surface area contributed by atoms with Crippen LogP contribution in [0.1, 0.15) is 18.5 Å². The predicted octanol–water partition coefficient (Wildman–Crippen LogP) is 4.37. The first-order valence-corrected chi connectivity index (χ1v) is 8.53. The van der Waals surface area contributed by atoms with Crippen LogP contribution in [0.15, 0.2) is 54.6 Å². The molecule has 2 amide bonds. The standard InChI is InChI=1S/C19H18Cl2N2O3/c1-12(13-4-3-5-15(10-13)26-2)22-18(24)8-9-19(25)23-14-6-7-16(20)17(21)11-14/h3-12H,1-2H3,(H,22,24)(H,23,25)/b9-8-. The molecular formula is C19H18Cl2N2O3. The summed E-state index contributed by atoms with van der Waals surface area (Å²) in [6.45, 7) is 1.84. The van der Waals surface area contributed by atoms with Crippen LogP contribution in [0.2, 0.25) is 10.0 Å². The molecule has 0 heterocycles. The van der Waals surface area contributed by atoms with Crippen LogP contribution < -0.4 is 15.4 Å². The third-order valence-electron chi connectivity index (χ3n) is 3.53. The molecule has 0 radical (unpaired) electrons. The second-order valence-electron chi connectivity index (χ2n) is 5.46. The molecule has 5 nitrogen and oxygen atoms in total. The van der Waals surface area contributed by atoms with Crippen LogP contribution in [0, 0.1) is 0 Å². The number of carbonyl (C=O) groups excluding carboxylic acids is 2. The second kappa shape index (κ2) is 9.27. The minimum atomic E-state index is -0.451. The number of nitrogens with one attached hydrogen (secondary N) is 2. The van der Waals surface area contributed by atoms with E-state index in [9.17, 15) is 9.59 Å². The highest BCUT2D eigenvalue weighted by Gasteiger charge is 2.09. The molecule has 26 heavy (non-hydrogen) atoms. The van der Waals surface area contributed by atoms with Crippen molar-refractivity contribution in [3.05, 3.63) is 70.2 Å². The number of halogens is 2. The third kappa shape index (κ3) is 5.79. The molecule has 0 aliphatic heterocycles. The van der Waals surface area contributed by atoms with Crippen LogP contribution in [-0.4, -0.2) is 18.9 Å². The van der Waals surface area contributed by atoms with Gasteiger partial charge in [0, 0.05) is 17.8 Å². The fourth-order valence-corrected chi connectivity index (χ4v) is 2.46. The molecule has 2 rings (SSSR count). The van der Waals surface area contributed by atoms with Crippen molar-refractivity contribution in [2.75, 3.05) is 12.4 Å². The molecular weight excluding hydrogens is 375 g/mol. The van der Waals surface area contributed by atoms with Crippen LogP contribution in [0.5, 0.6) is 5.75 Å². The van der Waals surface area contributed by atoms with E-state index in [1.54, 1.807) is 19.2 Å². The predicted molar refractivity (Wildman–Crippen MR) is 104 cm³/mol. The summed E-state index contributed by atoms with van der Waals surface area (Å²) < 4.78 is 5.16. The van der Waals surface area contributed by atoms with E-state index in [1.807, 2.05) is 31.2 Å². The van der Waals surface area contributed by atoms with E-state index < -0.39 is 5.91 Å². The highest BCUT2D eigenvalue weighted by Crippen LogP contribution is 2.25. The van der Waals surface area contributed by atoms with Crippen molar-refractivity contribution in [1.29, 1.82) is 0 Å². The average Bonchev–Trinajstić information content (AvgIpc) is 2.63. The normalized spacial score (nSPS) is 11.8. The first kappa shape index (κ1) is 19.8. The smallest absolute Gasteiger partial charge is 0.248 e. The van der Waals surface area contributed by atoms with Gasteiger partial charge in [0.05, 0.1) is 23.2 Å². The lowest BCUT2D eigenvalue weighted by atomic mass is 10.1. The third-order valence-corrected chi connectivity index (χ3v) is 4.26. The van der Waals surface area contributed by atoms with Crippen molar-refractivity contribution >= 4 is 40.7 Å². The monoisotopic (exact) mass is 392 g/mol. The lowest BCUT2D eigenvalue weighted by molar-refractivity contribution is -0.117. The molecule has 0 bridgehead atoms. The Balaban J connectivity index is 1.91. The largest absolute Gasteiger partial charge is 0.497 e. The van der Waals surface area contributed by atoms with E-state index >= 15 is 0 Å². The molecule has 0 saturated heterocycles. The van der Waals surface area contributed by atoms with Crippen molar-refractivity contribution in [2.45, 2.75) is 13.0 Å². The van der Waals surface area contributed by atoms with E-state index in [4.69, 9.17) is 27.9 Å². The molecule has 1 atom stereocenters. The van der Waals surface area contributed by atoms with Gasteiger partial charge in [0.15, 0.2) is 0 Å². The molecule has 0 fully saturated rings. The Labute approximate surface area is 161 Å². The molecule has 0 aliphatic carbocycles. The van der Waals surface area contributed by atoms with Gasteiger partial charge in [-0.2, -0.15) is 0 Å². The van der Waals surface area contributed by atoms with E-state index in [0.29, 0.717) is 21.5 Å². The maximum absolute atomic E-state index is 12.0. The highest BCUT2D eigenvalue weighted by molar-refractivity contribution is 6.42. The first-order valence-electron chi connectivity index (χ1n) is 7.77. The Bertz CT molecular complexity index is 837. The summed E-state index contributed by atoms with van der Waals surface area (Å²) in [6.07, 6.45) is 2.32. The topological polar surface area (TPSA) is 67.4 Å². The van der Waals surface area contributed by atoms with Crippen LogP contribution in [0.4, 0.5) is 5.69 Å². The van der Waals surface area contributed by atoms with Crippen molar-refractivity contribution in [3.8, 4) is 5.75 Å². The van der Waals surface area contributed by atoms with Crippen LogP contribution in [-0.2, 0) is 9.59 Å². The molecule has 0 aromatic heterocycles. The summed E-state index contributed by atoms with van der Waals surface area (Å²) in [6, 6.07) is 11.9. The molecule has 2 aromatic rings. The summed E-state index contributed by atoms with van der Waals surface area (Å²) in [4.78, 5) is 23.9. The Morgan fingerprint density at radius 2 is 1.77 bits per heavy atom. The van der Waals surface area contributed by atoms with Gasteiger partial charge in [0.1, 0.15) is 5.75 Å². The van der Waals surface area contributed by atoms with E-state index in [2.05, 4.69) is 10.6 Å². The second-order valence-corrected chi connectivity index (χ2v) is 6.27. The fraction of sp³-hybridized carbons (Fsp3) is 0.158. The van der Waals surface area contributed by atoms with Crippen molar-refractivity contribution < 1.29 is 14.3 Å². The molecule has 2 aromatic carbocycles. The lowest BCUT2D eigenvalue weighted by Crippen LogP contribution is -2.25. The number of anilines is 1. The number of amides is 2. The molecule has 0 aliphatic rings. The zero-order chi connectivity index (χ0) is 19.1. The Hall–Kier alpha value is -2.50. The molecule has 2 N–H and O–H groups in total. The molecule has 1 unspecified atom stereocenters. The maximum Gasteiger partial charge on any atom is 0.248 e. The molecule has 0 spiro atoms. The van der Waals surface area contributed by atoms with Crippen molar-refractivity contribution in [2.24, 2.45) is 0 Å². The number of methoxy groups -OCH3 is 1. The fourth-order valence-electron chi connectivity index (χ4n) is 2.16. The number of carbonyl (C=O) groups is 2. The van der Waals surface area contributed by atoms with Crippen LogP contribution >= 0.6 is 23.2 Å². The zero-order valence-corrected chi connectivity index (χ0v) is 15.8. The number of hydrogen-bond donors (Lipinski definition) is 2. The van der Waals surface area contributed by atoms with Gasteiger partial charge >= 0.3 is 0 Å². The van der Waals surface area contributed by atoms with Crippen molar-refractivity contribution in [3.63, 3.8) is 0 Å². The van der Waals surface area contributed by atoms with Gasteiger partial charge in [0.25, 0.3) is 0 Å². The van der Waals surface area contributed by atoms with Crippen molar-refractivity contribution in [1.82, 2.24) is 5.32 Å². The SMILES string of the molecule is COc1cccc(C(C)NC(=O)/C=C\C(=O)Nc2ccc(Cl)c(Cl)c2)c1. The highest BCUT2D eigenvalue weighted by atomic mass is 35.5. The van der Waals surface area contributed by atoms with Gasteiger partial charge in [-0.1, -0.05) is 35.3 Å². The summed E-state index contributed by atoms with van der Waals surface area (Å²) >= 11 is 11.7. The van der Waals surface area contributed by atoms with Gasteiger partial charge in [0.2, 0.25) is 11.8 Å². The lowest BCUT2D eigenvalue weighted by Gasteiger charge is -2.13. The van der Waals surface area contributed by atoms with E-state index in [0.717, 1.165) is 11.6 Å². The van der Waals surface area contributed by atoms with Crippen LogP contribution in [0.25, 0.3) is 0 Å².